The monoisotopic (exact) mass is 403 g/mol. The third-order valence-electron chi connectivity index (χ3n) is 4.83. The van der Waals surface area contributed by atoms with Gasteiger partial charge < -0.3 is 25.1 Å². The summed E-state index contributed by atoms with van der Waals surface area (Å²) < 4.78 is 5.98. The lowest BCUT2D eigenvalue weighted by Crippen LogP contribution is -2.29. The van der Waals surface area contributed by atoms with Gasteiger partial charge in [0.1, 0.15) is 28.2 Å². The molecule has 0 fully saturated rings. The second kappa shape index (κ2) is 8.22. The molecule has 1 aromatic heterocycles. The number of aliphatic hydroxyl groups excluding tert-OH is 1. The number of halogens is 1. The molecule has 0 radical (unpaired) electrons. The predicted molar refractivity (Wildman–Crippen MR) is 109 cm³/mol. The summed E-state index contributed by atoms with van der Waals surface area (Å²) in [6, 6.07) is 9.27. The maximum absolute atomic E-state index is 12.8. The SMILES string of the molecule is CCC(c1c(O)cc(O)c2c(=O)cc(-c3ccccc3Cl)oc12)C(O)CNC. The van der Waals surface area contributed by atoms with E-state index in [0.717, 1.165) is 6.07 Å². The van der Waals surface area contributed by atoms with Crippen molar-refractivity contribution in [1.82, 2.24) is 5.32 Å². The van der Waals surface area contributed by atoms with Gasteiger partial charge in [-0.1, -0.05) is 30.7 Å². The van der Waals surface area contributed by atoms with Gasteiger partial charge in [0.2, 0.25) is 0 Å². The Balaban J connectivity index is 2.35. The van der Waals surface area contributed by atoms with Crippen LogP contribution in [-0.4, -0.2) is 35.0 Å². The number of likely N-dealkylation sites (N-methyl/N-ethyl adjacent to an activating group) is 1. The van der Waals surface area contributed by atoms with Gasteiger partial charge in [-0.05, 0) is 25.6 Å². The van der Waals surface area contributed by atoms with E-state index in [2.05, 4.69) is 5.32 Å². The summed E-state index contributed by atoms with van der Waals surface area (Å²) in [7, 11) is 1.71. The van der Waals surface area contributed by atoms with Crippen molar-refractivity contribution in [3.05, 3.63) is 57.2 Å². The van der Waals surface area contributed by atoms with E-state index in [0.29, 0.717) is 17.0 Å². The van der Waals surface area contributed by atoms with E-state index in [1.54, 1.807) is 31.3 Å². The van der Waals surface area contributed by atoms with Gasteiger partial charge in [0, 0.05) is 35.7 Å². The number of aromatic hydroxyl groups is 2. The molecule has 0 aliphatic carbocycles. The number of nitrogens with one attached hydrogen (secondary N) is 1. The molecule has 3 aromatic rings. The van der Waals surface area contributed by atoms with Gasteiger partial charge in [-0.25, -0.2) is 0 Å². The summed E-state index contributed by atoms with van der Waals surface area (Å²) in [4.78, 5) is 12.8. The van der Waals surface area contributed by atoms with Gasteiger partial charge in [-0.15, -0.1) is 0 Å². The summed E-state index contributed by atoms with van der Waals surface area (Å²) in [5.41, 5.74) is 0.375. The lowest BCUT2D eigenvalue weighted by molar-refractivity contribution is 0.139. The molecule has 0 amide bonds. The van der Waals surface area contributed by atoms with Crippen LogP contribution >= 0.6 is 11.6 Å². The van der Waals surface area contributed by atoms with E-state index < -0.39 is 17.5 Å². The van der Waals surface area contributed by atoms with Crippen LogP contribution in [0.1, 0.15) is 24.8 Å². The lowest BCUT2D eigenvalue weighted by atomic mass is 9.88. The van der Waals surface area contributed by atoms with Gasteiger partial charge in [-0.3, -0.25) is 4.79 Å². The van der Waals surface area contributed by atoms with Crippen molar-refractivity contribution in [1.29, 1.82) is 0 Å². The standard InChI is InChI=1S/C21H22ClNO5/c1-3-11(17(27)10-23-2)19-14(24)8-15(25)20-16(26)9-18(28-21(19)20)12-6-4-5-7-13(12)22/h4-9,11,17,23-25,27H,3,10H2,1-2H3. The van der Waals surface area contributed by atoms with E-state index in [1.807, 2.05) is 6.92 Å². The van der Waals surface area contributed by atoms with Crippen LogP contribution in [0, 0.1) is 0 Å². The maximum atomic E-state index is 12.8. The normalized spacial score (nSPS) is 13.6. The molecule has 0 aliphatic rings. The summed E-state index contributed by atoms with van der Waals surface area (Å²) in [5.74, 6) is -0.923. The van der Waals surface area contributed by atoms with E-state index in [9.17, 15) is 20.1 Å². The van der Waals surface area contributed by atoms with Crippen molar-refractivity contribution >= 4 is 22.6 Å². The molecule has 2 atom stereocenters. The number of hydrogen-bond donors (Lipinski definition) is 4. The van der Waals surface area contributed by atoms with Crippen LogP contribution in [0.25, 0.3) is 22.3 Å². The van der Waals surface area contributed by atoms with Crippen LogP contribution in [0.4, 0.5) is 0 Å². The largest absolute Gasteiger partial charge is 0.507 e. The van der Waals surface area contributed by atoms with Crippen LogP contribution in [0.5, 0.6) is 11.5 Å². The zero-order chi connectivity index (χ0) is 20.4. The van der Waals surface area contributed by atoms with E-state index in [4.69, 9.17) is 16.0 Å². The molecule has 2 unspecified atom stereocenters. The zero-order valence-electron chi connectivity index (χ0n) is 15.6. The van der Waals surface area contributed by atoms with E-state index in [-0.39, 0.29) is 40.3 Å². The lowest BCUT2D eigenvalue weighted by Gasteiger charge is -2.24. The molecule has 4 N–H and O–H groups in total. The first-order valence-corrected chi connectivity index (χ1v) is 9.37. The Morgan fingerprint density at radius 3 is 2.54 bits per heavy atom. The fraction of sp³-hybridized carbons (Fsp3) is 0.286. The fourth-order valence-electron chi connectivity index (χ4n) is 3.49. The molecule has 0 saturated carbocycles. The molecule has 0 spiro atoms. The van der Waals surface area contributed by atoms with Crippen LogP contribution < -0.4 is 10.7 Å². The van der Waals surface area contributed by atoms with Gasteiger partial charge >= 0.3 is 0 Å². The molecule has 7 heteroatoms. The Kier molecular flexibility index (Phi) is 5.93. The predicted octanol–water partition coefficient (Wildman–Crippen LogP) is 3.60. The molecule has 0 bridgehead atoms. The minimum Gasteiger partial charge on any atom is -0.507 e. The number of rotatable bonds is 6. The van der Waals surface area contributed by atoms with Crippen molar-refractivity contribution in [3.8, 4) is 22.8 Å². The van der Waals surface area contributed by atoms with Gasteiger partial charge in [0.15, 0.2) is 5.43 Å². The molecule has 28 heavy (non-hydrogen) atoms. The molecular weight excluding hydrogens is 382 g/mol. The second-order valence-corrected chi connectivity index (χ2v) is 7.03. The molecular formula is C21H22ClNO5. The van der Waals surface area contributed by atoms with Crippen molar-refractivity contribution < 1.29 is 19.7 Å². The Hall–Kier alpha value is -2.54. The Morgan fingerprint density at radius 2 is 1.89 bits per heavy atom. The number of phenols is 2. The van der Waals surface area contributed by atoms with Gasteiger partial charge in [-0.2, -0.15) is 0 Å². The number of hydrogen-bond acceptors (Lipinski definition) is 6. The van der Waals surface area contributed by atoms with Crippen LogP contribution in [0.3, 0.4) is 0 Å². The molecule has 0 aliphatic heterocycles. The number of aliphatic hydroxyl groups is 1. The van der Waals surface area contributed by atoms with Gasteiger partial charge in [0.25, 0.3) is 0 Å². The van der Waals surface area contributed by atoms with E-state index in [1.165, 1.54) is 6.07 Å². The first-order chi connectivity index (χ1) is 13.4. The highest BCUT2D eigenvalue weighted by atomic mass is 35.5. The van der Waals surface area contributed by atoms with Crippen molar-refractivity contribution in [2.75, 3.05) is 13.6 Å². The third-order valence-corrected chi connectivity index (χ3v) is 5.16. The second-order valence-electron chi connectivity index (χ2n) is 6.63. The van der Waals surface area contributed by atoms with Crippen LogP contribution in [0.2, 0.25) is 5.02 Å². The zero-order valence-corrected chi connectivity index (χ0v) is 16.3. The number of phenolic OH excluding ortho intramolecular Hbond substituents is 2. The smallest absolute Gasteiger partial charge is 0.197 e. The van der Waals surface area contributed by atoms with Crippen molar-refractivity contribution in [3.63, 3.8) is 0 Å². The Bertz CT molecular complexity index is 1060. The van der Waals surface area contributed by atoms with E-state index >= 15 is 0 Å². The summed E-state index contributed by atoms with van der Waals surface area (Å²) >= 11 is 6.24. The van der Waals surface area contributed by atoms with Crippen LogP contribution in [-0.2, 0) is 0 Å². The Labute approximate surface area is 167 Å². The molecule has 1 heterocycles. The summed E-state index contributed by atoms with van der Waals surface area (Å²) in [5, 5.41) is 34.6. The first-order valence-electron chi connectivity index (χ1n) is 8.99. The minimum atomic E-state index is -0.831. The minimum absolute atomic E-state index is 0.0429. The third kappa shape index (κ3) is 3.58. The molecule has 0 saturated heterocycles. The molecule has 6 nitrogen and oxygen atoms in total. The molecule has 148 valence electrons. The molecule has 2 aromatic carbocycles. The molecule has 3 rings (SSSR count). The van der Waals surface area contributed by atoms with Crippen LogP contribution in [0.15, 0.2) is 45.6 Å². The number of benzene rings is 2. The average molecular weight is 404 g/mol. The fourth-order valence-corrected chi connectivity index (χ4v) is 3.72. The topological polar surface area (TPSA) is 103 Å². The van der Waals surface area contributed by atoms with Crippen molar-refractivity contribution in [2.45, 2.75) is 25.4 Å². The number of fused-ring (bicyclic) bond motifs is 1. The first kappa shape index (κ1) is 20.2. The average Bonchev–Trinajstić information content (AvgIpc) is 2.64. The maximum Gasteiger partial charge on any atom is 0.197 e. The van der Waals surface area contributed by atoms with Gasteiger partial charge in [0.05, 0.1) is 11.1 Å². The highest BCUT2D eigenvalue weighted by molar-refractivity contribution is 6.33. The Morgan fingerprint density at radius 1 is 1.18 bits per heavy atom. The highest BCUT2D eigenvalue weighted by Crippen LogP contribution is 2.41. The summed E-state index contributed by atoms with van der Waals surface area (Å²) in [6.45, 7) is 2.15. The van der Waals surface area contributed by atoms with Crippen molar-refractivity contribution in [2.24, 2.45) is 0 Å². The summed E-state index contributed by atoms with van der Waals surface area (Å²) in [6.07, 6.45) is -0.348. The quantitative estimate of drug-likeness (QED) is 0.501. The highest BCUT2D eigenvalue weighted by Gasteiger charge is 2.28.